The van der Waals surface area contributed by atoms with E-state index in [4.69, 9.17) is 0 Å². The monoisotopic (exact) mass is 248 g/mol. The molecule has 6 heteroatoms. The first-order valence-electron chi connectivity index (χ1n) is 6.26. The minimum absolute atomic E-state index is 0.189. The molecular formula is C12H20N6. The van der Waals surface area contributed by atoms with E-state index in [9.17, 15) is 0 Å². The predicted molar refractivity (Wildman–Crippen MR) is 68.9 cm³/mol. The second kappa shape index (κ2) is 5.77. The molecule has 0 aromatic carbocycles. The summed E-state index contributed by atoms with van der Waals surface area (Å²) >= 11 is 0. The summed E-state index contributed by atoms with van der Waals surface area (Å²) in [5.74, 6) is 0.967. The average Bonchev–Trinajstić information content (AvgIpc) is 2.94. The van der Waals surface area contributed by atoms with E-state index in [1.807, 2.05) is 35.7 Å². The van der Waals surface area contributed by atoms with Crippen molar-refractivity contribution in [2.45, 2.75) is 25.8 Å². The Bertz CT molecular complexity index is 486. The van der Waals surface area contributed by atoms with Crippen molar-refractivity contribution < 1.29 is 0 Å². The van der Waals surface area contributed by atoms with Gasteiger partial charge in [-0.2, -0.15) is 10.2 Å². The van der Waals surface area contributed by atoms with Gasteiger partial charge in [-0.3, -0.25) is 9.36 Å². The third-order valence-electron chi connectivity index (χ3n) is 2.92. The number of aryl methyl sites for hydroxylation is 2. The summed E-state index contributed by atoms with van der Waals surface area (Å²) in [7, 11) is 3.85. The summed E-state index contributed by atoms with van der Waals surface area (Å²) < 4.78 is 3.64. The number of aromatic nitrogens is 5. The van der Waals surface area contributed by atoms with Crippen LogP contribution in [-0.2, 0) is 20.5 Å². The maximum atomic E-state index is 4.47. The first-order chi connectivity index (χ1) is 8.70. The van der Waals surface area contributed by atoms with Gasteiger partial charge in [0.05, 0.1) is 11.7 Å². The van der Waals surface area contributed by atoms with E-state index in [1.165, 1.54) is 0 Å². The van der Waals surface area contributed by atoms with Gasteiger partial charge in [-0.05, 0) is 19.0 Å². The first kappa shape index (κ1) is 12.8. The second-order valence-corrected chi connectivity index (χ2v) is 4.42. The molecule has 6 nitrogen and oxygen atoms in total. The Kier molecular flexibility index (Phi) is 4.09. The van der Waals surface area contributed by atoms with Crippen LogP contribution in [0.3, 0.4) is 0 Å². The van der Waals surface area contributed by atoms with E-state index in [1.54, 1.807) is 6.33 Å². The standard InChI is InChI=1S/C12H20N6/c1-4-6-13-11(10-5-7-17(2)16-10)8-12-14-9-15-18(12)3/h5,7,9,11,13H,4,6,8H2,1-3H3. The van der Waals surface area contributed by atoms with Crippen LogP contribution in [0.25, 0.3) is 0 Å². The van der Waals surface area contributed by atoms with Crippen LogP contribution in [-0.4, -0.2) is 31.1 Å². The van der Waals surface area contributed by atoms with E-state index in [-0.39, 0.29) is 6.04 Å². The summed E-state index contributed by atoms with van der Waals surface area (Å²) in [4.78, 5) is 4.27. The van der Waals surface area contributed by atoms with Crippen molar-refractivity contribution in [2.24, 2.45) is 14.1 Å². The van der Waals surface area contributed by atoms with Gasteiger partial charge in [0, 0.05) is 26.7 Å². The fraction of sp³-hybridized carbons (Fsp3) is 0.583. The largest absolute Gasteiger partial charge is 0.308 e. The van der Waals surface area contributed by atoms with Crippen LogP contribution in [0.5, 0.6) is 0 Å². The molecule has 0 amide bonds. The van der Waals surface area contributed by atoms with Crippen molar-refractivity contribution in [3.8, 4) is 0 Å². The Morgan fingerprint density at radius 3 is 2.78 bits per heavy atom. The molecule has 1 atom stereocenters. The Labute approximate surface area is 107 Å². The van der Waals surface area contributed by atoms with Crippen LogP contribution >= 0.6 is 0 Å². The zero-order chi connectivity index (χ0) is 13.0. The van der Waals surface area contributed by atoms with Crippen molar-refractivity contribution in [3.63, 3.8) is 0 Å². The van der Waals surface area contributed by atoms with E-state index in [2.05, 4.69) is 27.4 Å². The highest BCUT2D eigenvalue weighted by atomic mass is 15.3. The molecule has 2 aromatic rings. The Hall–Kier alpha value is -1.69. The van der Waals surface area contributed by atoms with Gasteiger partial charge in [-0.25, -0.2) is 4.98 Å². The molecule has 0 radical (unpaired) electrons. The SMILES string of the molecule is CCCNC(Cc1ncnn1C)c1ccn(C)n1. The van der Waals surface area contributed by atoms with Crippen LogP contribution in [0, 0.1) is 0 Å². The lowest BCUT2D eigenvalue weighted by Crippen LogP contribution is -2.25. The smallest absolute Gasteiger partial charge is 0.138 e. The molecule has 0 spiro atoms. The van der Waals surface area contributed by atoms with Gasteiger partial charge in [0.2, 0.25) is 0 Å². The lowest BCUT2D eigenvalue weighted by atomic mass is 10.1. The fourth-order valence-corrected chi connectivity index (χ4v) is 1.91. The van der Waals surface area contributed by atoms with Crippen LogP contribution in [0.1, 0.15) is 30.9 Å². The zero-order valence-electron chi connectivity index (χ0n) is 11.2. The highest BCUT2D eigenvalue weighted by Crippen LogP contribution is 2.15. The number of hydrogen-bond donors (Lipinski definition) is 1. The summed E-state index contributed by atoms with van der Waals surface area (Å²) in [6.07, 6.45) is 5.45. The van der Waals surface area contributed by atoms with E-state index >= 15 is 0 Å². The number of nitrogens with one attached hydrogen (secondary N) is 1. The van der Waals surface area contributed by atoms with Crippen molar-refractivity contribution in [1.29, 1.82) is 0 Å². The molecule has 2 heterocycles. The average molecular weight is 248 g/mol. The van der Waals surface area contributed by atoms with Crippen LogP contribution < -0.4 is 5.32 Å². The summed E-state index contributed by atoms with van der Waals surface area (Å²) in [5, 5.41) is 12.1. The molecule has 0 saturated heterocycles. The molecule has 2 aromatic heterocycles. The maximum Gasteiger partial charge on any atom is 0.138 e. The minimum atomic E-state index is 0.189. The van der Waals surface area contributed by atoms with Gasteiger partial charge in [0.25, 0.3) is 0 Å². The van der Waals surface area contributed by atoms with Gasteiger partial charge in [0.15, 0.2) is 0 Å². The van der Waals surface area contributed by atoms with Crippen LogP contribution in [0.2, 0.25) is 0 Å². The second-order valence-electron chi connectivity index (χ2n) is 4.42. The minimum Gasteiger partial charge on any atom is -0.308 e. The fourth-order valence-electron chi connectivity index (χ4n) is 1.91. The third kappa shape index (κ3) is 2.95. The topological polar surface area (TPSA) is 60.6 Å². The molecule has 0 bridgehead atoms. The third-order valence-corrected chi connectivity index (χ3v) is 2.92. The molecule has 1 N–H and O–H groups in total. The molecule has 18 heavy (non-hydrogen) atoms. The predicted octanol–water partition coefficient (Wildman–Crippen LogP) is 0.832. The normalized spacial score (nSPS) is 12.8. The number of nitrogens with zero attached hydrogens (tertiary/aromatic N) is 5. The van der Waals surface area contributed by atoms with Gasteiger partial charge in [0.1, 0.15) is 12.2 Å². The van der Waals surface area contributed by atoms with Crippen LogP contribution in [0.15, 0.2) is 18.6 Å². The van der Waals surface area contributed by atoms with Gasteiger partial charge < -0.3 is 5.32 Å². The van der Waals surface area contributed by atoms with Crippen molar-refractivity contribution in [2.75, 3.05) is 6.54 Å². The molecule has 0 aliphatic heterocycles. The molecule has 0 fully saturated rings. The summed E-state index contributed by atoms with van der Waals surface area (Å²) in [6, 6.07) is 2.23. The summed E-state index contributed by atoms with van der Waals surface area (Å²) in [5.41, 5.74) is 1.05. The van der Waals surface area contributed by atoms with Gasteiger partial charge in [-0.15, -0.1) is 0 Å². The molecular weight excluding hydrogens is 228 g/mol. The molecule has 98 valence electrons. The Balaban J connectivity index is 2.12. The highest BCUT2D eigenvalue weighted by molar-refractivity contribution is 5.08. The quantitative estimate of drug-likeness (QED) is 0.822. The van der Waals surface area contributed by atoms with Gasteiger partial charge in [-0.1, -0.05) is 6.92 Å². The van der Waals surface area contributed by atoms with Crippen molar-refractivity contribution >= 4 is 0 Å². The van der Waals surface area contributed by atoms with E-state index in [0.717, 1.165) is 30.9 Å². The highest BCUT2D eigenvalue weighted by Gasteiger charge is 2.16. The maximum absolute atomic E-state index is 4.47. The molecule has 0 saturated carbocycles. The lowest BCUT2D eigenvalue weighted by molar-refractivity contribution is 0.491. The van der Waals surface area contributed by atoms with Crippen LogP contribution in [0.4, 0.5) is 0 Å². The molecule has 0 aliphatic rings. The molecule has 2 rings (SSSR count). The number of hydrogen-bond acceptors (Lipinski definition) is 4. The Morgan fingerprint density at radius 1 is 1.39 bits per heavy atom. The van der Waals surface area contributed by atoms with Crippen molar-refractivity contribution in [3.05, 3.63) is 30.1 Å². The lowest BCUT2D eigenvalue weighted by Gasteiger charge is -2.15. The molecule has 0 aliphatic carbocycles. The van der Waals surface area contributed by atoms with Crippen molar-refractivity contribution in [1.82, 2.24) is 29.9 Å². The van der Waals surface area contributed by atoms with E-state index in [0.29, 0.717) is 0 Å². The molecule has 1 unspecified atom stereocenters. The zero-order valence-corrected chi connectivity index (χ0v) is 11.2. The summed E-state index contributed by atoms with van der Waals surface area (Å²) in [6.45, 7) is 3.13. The first-order valence-corrected chi connectivity index (χ1v) is 6.26. The number of rotatable bonds is 6. The van der Waals surface area contributed by atoms with E-state index < -0.39 is 0 Å². The van der Waals surface area contributed by atoms with Gasteiger partial charge >= 0.3 is 0 Å². The Morgan fingerprint density at radius 2 is 2.22 bits per heavy atom.